The van der Waals surface area contributed by atoms with Gasteiger partial charge in [0.15, 0.2) is 0 Å². The Labute approximate surface area is 114 Å². The van der Waals surface area contributed by atoms with Gasteiger partial charge in [0.2, 0.25) is 0 Å². The van der Waals surface area contributed by atoms with Crippen LogP contribution in [0.2, 0.25) is 0 Å². The van der Waals surface area contributed by atoms with Crippen molar-refractivity contribution in [2.24, 2.45) is 11.8 Å². The predicted molar refractivity (Wildman–Crippen MR) is 78.9 cm³/mol. The molecule has 2 aliphatic rings. The Morgan fingerprint density at radius 3 is 2.61 bits per heavy atom. The van der Waals surface area contributed by atoms with Gasteiger partial charge in [-0.05, 0) is 57.0 Å². The Hall–Kier alpha value is -0.0800. The van der Waals surface area contributed by atoms with Crippen LogP contribution in [0.5, 0.6) is 0 Å². The van der Waals surface area contributed by atoms with Crippen molar-refractivity contribution in [3.8, 4) is 0 Å². The molecule has 0 bridgehead atoms. The fourth-order valence-electron chi connectivity index (χ4n) is 3.85. The lowest BCUT2D eigenvalue weighted by molar-refractivity contribution is 0.0476. The van der Waals surface area contributed by atoms with E-state index in [4.69, 9.17) is 0 Å². The first-order valence-electron chi connectivity index (χ1n) is 8.18. The maximum absolute atomic E-state index is 3.57. The van der Waals surface area contributed by atoms with Gasteiger partial charge in [0.1, 0.15) is 0 Å². The molecule has 0 aromatic heterocycles. The van der Waals surface area contributed by atoms with E-state index in [9.17, 15) is 0 Å². The van der Waals surface area contributed by atoms with Gasteiger partial charge in [0.25, 0.3) is 0 Å². The molecule has 1 saturated carbocycles. The Balaban J connectivity index is 1.91. The summed E-state index contributed by atoms with van der Waals surface area (Å²) >= 11 is 0. The molecule has 0 radical (unpaired) electrons. The highest BCUT2D eigenvalue weighted by atomic mass is 15.2. The lowest BCUT2D eigenvalue weighted by atomic mass is 9.77. The number of hydrogen-bond acceptors (Lipinski definition) is 2. The van der Waals surface area contributed by atoms with Crippen LogP contribution < -0.4 is 5.32 Å². The summed E-state index contributed by atoms with van der Waals surface area (Å²) in [5.41, 5.74) is 0. The Morgan fingerprint density at radius 2 is 1.89 bits per heavy atom. The minimum Gasteiger partial charge on any atom is -0.315 e. The first-order chi connectivity index (χ1) is 8.72. The summed E-state index contributed by atoms with van der Waals surface area (Å²) in [6.45, 7) is 10.8. The average molecular weight is 252 g/mol. The topological polar surface area (TPSA) is 15.3 Å². The molecule has 1 saturated heterocycles. The third-order valence-corrected chi connectivity index (χ3v) is 5.34. The standard InChI is InChI=1S/C16H32N2/c1-4-17-12-16-7-5-6-10-18(16)15-9-8-13(2)14(3)11-15/h13-17H,4-12H2,1-3H3. The fourth-order valence-corrected chi connectivity index (χ4v) is 3.85. The molecule has 2 nitrogen and oxygen atoms in total. The first-order valence-corrected chi connectivity index (χ1v) is 8.18. The first kappa shape index (κ1) is 14.3. The van der Waals surface area contributed by atoms with Crippen molar-refractivity contribution in [1.82, 2.24) is 10.2 Å². The van der Waals surface area contributed by atoms with Crippen LogP contribution in [0.3, 0.4) is 0 Å². The SMILES string of the molecule is CCNCC1CCCCN1C1CCC(C)C(C)C1. The zero-order valence-electron chi connectivity index (χ0n) is 12.6. The van der Waals surface area contributed by atoms with Gasteiger partial charge in [-0.2, -0.15) is 0 Å². The number of nitrogens with one attached hydrogen (secondary N) is 1. The number of hydrogen-bond donors (Lipinski definition) is 1. The monoisotopic (exact) mass is 252 g/mol. The van der Waals surface area contributed by atoms with Gasteiger partial charge < -0.3 is 5.32 Å². The van der Waals surface area contributed by atoms with Gasteiger partial charge in [-0.25, -0.2) is 0 Å². The van der Waals surface area contributed by atoms with Crippen LogP contribution in [0.15, 0.2) is 0 Å². The maximum Gasteiger partial charge on any atom is 0.0223 e. The largest absolute Gasteiger partial charge is 0.315 e. The van der Waals surface area contributed by atoms with E-state index in [1.165, 1.54) is 51.6 Å². The minimum absolute atomic E-state index is 0.810. The molecule has 2 fully saturated rings. The Kier molecular flexibility index (Phi) is 5.50. The van der Waals surface area contributed by atoms with Crippen molar-refractivity contribution in [3.63, 3.8) is 0 Å². The van der Waals surface area contributed by atoms with Crippen LogP contribution in [-0.2, 0) is 0 Å². The normalized spacial score (nSPS) is 38.8. The minimum atomic E-state index is 0.810. The molecular weight excluding hydrogens is 220 g/mol. The quantitative estimate of drug-likeness (QED) is 0.826. The summed E-state index contributed by atoms with van der Waals surface area (Å²) in [5.74, 6) is 1.86. The number of piperidine rings is 1. The van der Waals surface area contributed by atoms with Crippen molar-refractivity contribution >= 4 is 0 Å². The summed E-state index contributed by atoms with van der Waals surface area (Å²) in [7, 11) is 0. The second kappa shape index (κ2) is 6.91. The van der Waals surface area contributed by atoms with E-state index in [0.717, 1.165) is 30.5 Å². The lowest BCUT2D eigenvalue weighted by Crippen LogP contribution is -2.52. The van der Waals surface area contributed by atoms with Crippen LogP contribution in [0.1, 0.15) is 59.3 Å². The number of rotatable bonds is 4. The number of nitrogens with zero attached hydrogens (tertiary/aromatic N) is 1. The van der Waals surface area contributed by atoms with E-state index in [0.29, 0.717) is 0 Å². The number of likely N-dealkylation sites (N-methyl/N-ethyl adjacent to an activating group) is 1. The molecule has 2 heteroatoms. The summed E-state index contributed by atoms with van der Waals surface area (Å²) in [6.07, 6.45) is 8.58. The van der Waals surface area contributed by atoms with Crippen molar-refractivity contribution < 1.29 is 0 Å². The highest BCUT2D eigenvalue weighted by Crippen LogP contribution is 2.34. The highest BCUT2D eigenvalue weighted by molar-refractivity contribution is 4.88. The van der Waals surface area contributed by atoms with E-state index < -0.39 is 0 Å². The second-order valence-corrected chi connectivity index (χ2v) is 6.62. The van der Waals surface area contributed by atoms with Crippen LogP contribution in [0, 0.1) is 11.8 Å². The van der Waals surface area contributed by atoms with Crippen molar-refractivity contribution in [2.75, 3.05) is 19.6 Å². The highest BCUT2D eigenvalue weighted by Gasteiger charge is 2.33. The fraction of sp³-hybridized carbons (Fsp3) is 1.00. The summed E-state index contributed by atoms with van der Waals surface area (Å²) < 4.78 is 0. The third kappa shape index (κ3) is 3.48. The van der Waals surface area contributed by atoms with Crippen molar-refractivity contribution in [3.05, 3.63) is 0 Å². The van der Waals surface area contributed by atoms with Gasteiger partial charge in [0.05, 0.1) is 0 Å². The van der Waals surface area contributed by atoms with E-state index in [1.54, 1.807) is 0 Å². The van der Waals surface area contributed by atoms with Gasteiger partial charge in [0, 0.05) is 18.6 Å². The summed E-state index contributed by atoms with van der Waals surface area (Å²) in [5, 5.41) is 3.57. The van der Waals surface area contributed by atoms with Gasteiger partial charge in [-0.1, -0.05) is 27.2 Å². The van der Waals surface area contributed by atoms with E-state index in [2.05, 4.69) is 31.0 Å². The van der Waals surface area contributed by atoms with Gasteiger partial charge in [-0.15, -0.1) is 0 Å². The smallest absolute Gasteiger partial charge is 0.0223 e. The van der Waals surface area contributed by atoms with Crippen LogP contribution >= 0.6 is 0 Å². The maximum atomic E-state index is 3.57. The molecule has 0 aromatic carbocycles. The molecule has 1 N–H and O–H groups in total. The zero-order valence-corrected chi connectivity index (χ0v) is 12.6. The molecule has 1 heterocycles. The zero-order chi connectivity index (χ0) is 13.0. The van der Waals surface area contributed by atoms with Crippen LogP contribution in [0.4, 0.5) is 0 Å². The number of likely N-dealkylation sites (tertiary alicyclic amines) is 1. The average Bonchev–Trinajstić information content (AvgIpc) is 2.40. The van der Waals surface area contributed by atoms with Crippen LogP contribution in [-0.4, -0.2) is 36.6 Å². The van der Waals surface area contributed by atoms with E-state index >= 15 is 0 Å². The summed E-state index contributed by atoms with van der Waals surface area (Å²) in [4.78, 5) is 2.86. The van der Waals surface area contributed by atoms with Crippen molar-refractivity contribution in [2.45, 2.75) is 71.4 Å². The van der Waals surface area contributed by atoms with Gasteiger partial charge in [-0.3, -0.25) is 4.90 Å². The molecule has 1 aliphatic heterocycles. The molecule has 0 spiro atoms. The molecule has 0 amide bonds. The van der Waals surface area contributed by atoms with E-state index in [-0.39, 0.29) is 0 Å². The molecule has 4 unspecified atom stereocenters. The lowest BCUT2D eigenvalue weighted by Gasteiger charge is -2.45. The van der Waals surface area contributed by atoms with E-state index in [1.807, 2.05) is 0 Å². The molecule has 1 aliphatic carbocycles. The van der Waals surface area contributed by atoms with Gasteiger partial charge >= 0.3 is 0 Å². The third-order valence-electron chi connectivity index (χ3n) is 5.34. The van der Waals surface area contributed by atoms with Crippen LogP contribution in [0.25, 0.3) is 0 Å². The molecule has 4 atom stereocenters. The molecule has 106 valence electrons. The Bertz CT molecular complexity index is 241. The van der Waals surface area contributed by atoms with Crippen molar-refractivity contribution in [1.29, 1.82) is 0 Å². The molecule has 2 rings (SSSR count). The molecular formula is C16H32N2. The Morgan fingerprint density at radius 1 is 1.06 bits per heavy atom. The second-order valence-electron chi connectivity index (χ2n) is 6.62. The molecule has 0 aromatic rings. The molecule has 18 heavy (non-hydrogen) atoms. The predicted octanol–water partition coefficient (Wildman–Crippen LogP) is 3.28. The summed E-state index contributed by atoms with van der Waals surface area (Å²) in [6, 6.07) is 1.68.